The summed E-state index contributed by atoms with van der Waals surface area (Å²) in [5, 5.41) is 6.35. The van der Waals surface area contributed by atoms with Crippen LogP contribution < -0.4 is 5.32 Å². The van der Waals surface area contributed by atoms with Crippen LogP contribution in [0.25, 0.3) is 0 Å². The highest BCUT2D eigenvalue weighted by atomic mass is 35.5. The average molecular weight is 358 g/mol. The number of nitrogens with zero attached hydrogens (tertiary/aromatic N) is 2. The first-order valence-electron chi connectivity index (χ1n) is 6.70. The van der Waals surface area contributed by atoms with Crippen molar-refractivity contribution >= 4 is 40.7 Å². The molecule has 23 heavy (non-hydrogen) atoms. The molecule has 1 aromatic carbocycles. The van der Waals surface area contributed by atoms with Gasteiger partial charge >= 0.3 is 5.97 Å². The van der Waals surface area contributed by atoms with Crippen LogP contribution in [0.5, 0.6) is 0 Å². The normalized spacial score (nSPS) is 11.8. The second-order valence-corrected chi connectivity index (χ2v) is 5.75. The van der Waals surface area contributed by atoms with E-state index in [1.54, 1.807) is 0 Å². The number of carbonyl (C=O) groups is 2. The molecule has 0 fully saturated rings. The second-order valence-electron chi connectivity index (χ2n) is 4.56. The van der Waals surface area contributed by atoms with E-state index >= 15 is 0 Å². The number of ether oxygens (including phenoxy) is 1. The molecule has 122 valence electrons. The number of halogens is 2. The van der Waals surface area contributed by atoms with Gasteiger partial charge in [0, 0.05) is 5.02 Å². The molecule has 2 rings (SSSR count). The number of rotatable bonds is 5. The van der Waals surface area contributed by atoms with Crippen molar-refractivity contribution in [1.29, 1.82) is 0 Å². The average Bonchev–Trinajstić information content (AvgIpc) is 2.98. The van der Waals surface area contributed by atoms with Crippen LogP contribution in [0.3, 0.4) is 0 Å². The minimum Gasteiger partial charge on any atom is -0.448 e. The van der Waals surface area contributed by atoms with Crippen LogP contribution in [0.4, 0.5) is 10.1 Å². The fourth-order valence-corrected chi connectivity index (χ4v) is 2.48. The number of hydrogen-bond acceptors (Lipinski definition) is 6. The molecule has 0 radical (unpaired) electrons. The Hall–Kier alpha value is -2.06. The molecule has 1 aromatic heterocycles. The van der Waals surface area contributed by atoms with Crippen molar-refractivity contribution in [2.45, 2.75) is 26.4 Å². The first-order chi connectivity index (χ1) is 10.9. The number of aryl methyl sites for hydroxylation is 1. The molecule has 0 aliphatic heterocycles. The highest BCUT2D eigenvalue weighted by Gasteiger charge is 2.23. The first kappa shape index (κ1) is 17.3. The fourth-order valence-electron chi connectivity index (χ4n) is 1.69. The minimum atomic E-state index is -1.11. The van der Waals surface area contributed by atoms with Gasteiger partial charge in [0.1, 0.15) is 5.82 Å². The van der Waals surface area contributed by atoms with Gasteiger partial charge in [0.15, 0.2) is 11.0 Å². The van der Waals surface area contributed by atoms with E-state index in [0.29, 0.717) is 12.1 Å². The standard InChI is InChI=1S/C14H13ClFN3O3S/c1-3-10-12(23-19-18-10)14(21)22-7(2)13(20)17-11-5-4-8(15)6-9(11)16/h4-7H,3H2,1-2H3,(H,17,20)/t7-/m1/s1. The molecule has 0 bridgehead atoms. The minimum absolute atomic E-state index is 0.0454. The molecule has 6 nitrogen and oxygen atoms in total. The van der Waals surface area contributed by atoms with Gasteiger partial charge < -0.3 is 10.1 Å². The number of aromatic nitrogens is 2. The quantitative estimate of drug-likeness (QED) is 0.832. The summed E-state index contributed by atoms with van der Waals surface area (Å²) < 4.78 is 22.4. The Balaban J connectivity index is 2.01. The summed E-state index contributed by atoms with van der Waals surface area (Å²) >= 11 is 6.54. The van der Waals surface area contributed by atoms with Crippen LogP contribution in [0.2, 0.25) is 5.02 Å². The SMILES string of the molecule is CCc1nnsc1C(=O)O[C@H](C)C(=O)Nc1ccc(Cl)cc1F. The van der Waals surface area contributed by atoms with Gasteiger partial charge in [-0.2, -0.15) is 0 Å². The van der Waals surface area contributed by atoms with E-state index in [9.17, 15) is 14.0 Å². The van der Waals surface area contributed by atoms with Gasteiger partial charge in [0.25, 0.3) is 5.91 Å². The topological polar surface area (TPSA) is 81.2 Å². The highest BCUT2D eigenvalue weighted by molar-refractivity contribution is 7.07. The zero-order chi connectivity index (χ0) is 17.0. The zero-order valence-electron chi connectivity index (χ0n) is 12.3. The third-order valence-electron chi connectivity index (χ3n) is 2.92. The summed E-state index contributed by atoms with van der Waals surface area (Å²) in [6, 6.07) is 3.84. The third-order valence-corrected chi connectivity index (χ3v) is 3.90. The Labute approximate surface area is 140 Å². The van der Waals surface area contributed by atoms with Crippen molar-refractivity contribution in [2.24, 2.45) is 0 Å². The molecule has 0 saturated carbocycles. The van der Waals surface area contributed by atoms with Crippen molar-refractivity contribution < 1.29 is 18.7 Å². The maximum absolute atomic E-state index is 13.6. The smallest absolute Gasteiger partial charge is 0.352 e. The van der Waals surface area contributed by atoms with Gasteiger partial charge in [-0.05, 0) is 43.1 Å². The second kappa shape index (κ2) is 7.47. The molecule has 1 atom stereocenters. The summed E-state index contributed by atoms with van der Waals surface area (Å²) in [6.07, 6.45) is -0.582. The number of esters is 1. The largest absolute Gasteiger partial charge is 0.448 e. The summed E-state index contributed by atoms with van der Waals surface area (Å²) in [6.45, 7) is 3.22. The number of hydrogen-bond donors (Lipinski definition) is 1. The molecule has 0 aliphatic rings. The van der Waals surface area contributed by atoms with E-state index in [0.717, 1.165) is 17.6 Å². The summed E-state index contributed by atoms with van der Waals surface area (Å²) in [7, 11) is 0. The van der Waals surface area contributed by atoms with Crippen LogP contribution in [-0.4, -0.2) is 27.6 Å². The summed E-state index contributed by atoms with van der Waals surface area (Å²) in [4.78, 5) is 24.2. The number of nitrogens with one attached hydrogen (secondary N) is 1. The van der Waals surface area contributed by atoms with Gasteiger partial charge in [0.2, 0.25) is 0 Å². The van der Waals surface area contributed by atoms with E-state index in [1.807, 2.05) is 6.92 Å². The lowest BCUT2D eigenvalue weighted by atomic mass is 10.2. The lowest BCUT2D eigenvalue weighted by Gasteiger charge is -2.13. The molecular formula is C14H13ClFN3O3S. The van der Waals surface area contributed by atoms with Gasteiger partial charge in [-0.3, -0.25) is 4.79 Å². The molecule has 0 saturated heterocycles. The third kappa shape index (κ3) is 4.23. The Bertz CT molecular complexity index is 738. The Kier molecular flexibility index (Phi) is 5.62. The maximum Gasteiger partial charge on any atom is 0.352 e. The van der Waals surface area contributed by atoms with Crippen molar-refractivity contribution in [1.82, 2.24) is 9.59 Å². The predicted molar refractivity (Wildman–Crippen MR) is 84.2 cm³/mol. The maximum atomic E-state index is 13.6. The van der Waals surface area contributed by atoms with Crippen molar-refractivity contribution in [3.05, 3.63) is 39.6 Å². The van der Waals surface area contributed by atoms with Crippen LogP contribution in [0.1, 0.15) is 29.2 Å². The molecule has 0 unspecified atom stereocenters. The summed E-state index contributed by atoms with van der Waals surface area (Å²) in [5.41, 5.74) is 0.465. The molecule has 1 heterocycles. The van der Waals surface area contributed by atoms with E-state index in [-0.39, 0.29) is 15.6 Å². The molecule has 1 amide bonds. The van der Waals surface area contributed by atoms with Crippen molar-refractivity contribution in [3.63, 3.8) is 0 Å². The number of carbonyl (C=O) groups excluding carboxylic acids is 2. The Morgan fingerprint density at radius 3 is 2.87 bits per heavy atom. The van der Waals surface area contributed by atoms with Crippen LogP contribution in [0.15, 0.2) is 18.2 Å². The number of benzene rings is 1. The van der Waals surface area contributed by atoms with Gasteiger partial charge in [-0.15, -0.1) is 5.10 Å². The van der Waals surface area contributed by atoms with E-state index < -0.39 is 23.8 Å². The Morgan fingerprint density at radius 2 is 2.22 bits per heavy atom. The van der Waals surface area contributed by atoms with Crippen molar-refractivity contribution in [2.75, 3.05) is 5.32 Å². The van der Waals surface area contributed by atoms with Gasteiger partial charge in [-0.25, -0.2) is 9.18 Å². The molecule has 1 N–H and O–H groups in total. The first-order valence-corrected chi connectivity index (χ1v) is 7.85. The molecule has 0 spiro atoms. The lowest BCUT2D eigenvalue weighted by molar-refractivity contribution is -0.123. The molecule has 9 heteroatoms. The fraction of sp³-hybridized carbons (Fsp3) is 0.286. The number of amides is 1. The van der Waals surface area contributed by atoms with Crippen LogP contribution in [0, 0.1) is 5.82 Å². The van der Waals surface area contributed by atoms with E-state index in [4.69, 9.17) is 16.3 Å². The van der Waals surface area contributed by atoms with E-state index in [2.05, 4.69) is 14.9 Å². The molecule has 0 aliphatic carbocycles. The lowest BCUT2D eigenvalue weighted by Crippen LogP contribution is -2.30. The van der Waals surface area contributed by atoms with Crippen LogP contribution in [-0.2, 0) is 16.0 Å². The number of anilines is 1. The monoisotopic (exact) mass is 357 g/mol. The van der Waals surface area contributed by atoms with Gasteiger partial charge in [0.05, 0.1) is 11.4 Å². The summed E-state index contributed by atoms with van der Waals surface area (Å²) in [5.74, 6) is -2.02. The zero-order valence-corrected chi connectivity index (χ0v) is 13.9. The molecular weight excluding hydrogens is 345 g/mol. The van der Waals surface area contributed by atoms with Crippen molar-refractivity contribution in [3.8, 4) is 0 Å². The predicted octanol–water partition coefficient (Wildman–Crippen LogP) is 3.08. The molecule has 2 aromatic rings. The Morgan fingerprint density at radius 1 is 1.48 bits per heavy atom. The highest BCUT2D eigenvalue weighted by Crippen LogP contribution is 2.19. The van der Waals surface area contributed by atoms with E-state index in [1.165, 1.54) is 19.1 Å². The van der Waals surface area contributed by atoms with Gasteiger partial charge in [-0.1, -0.05) is 23.0 Å². The van der Waals surface area contributed by atoms with Crippen LogP contribution >= 0.6 is 23.1 Å².